The molecule has 1 atom stereocenters. The van der Waals surface area contributed by atoms with Crippen LogP contribution in [0.2, 0.25) is 0 Å². The second-order valence-electron chi connectivity index (χ2n) is 5.53. The molecule has 0 aromatic carbocycles. The topological polar surface area (TPSA) is 40.6 Å². The van der Waals surface area contributed by atoms with Crippen molar-refractivity contribution in [3.63, 3.8) is 0 Å². The minimum absolute atomic E-state index is 0.0599. The fourth-order valence-electron chi connectivity index (χ4n) is 2.49. The van der Waals surface area contributed by atoms with Gasteiger partial charge in [0.15, 0.2) is 0 Å². The molecule has 1 saturated heterocycles. The maximum Gasteiger partial charge on any atom is 0.252 e. The zero-order valence-corrected chi connectivity index (χ0v) is 15.4. The highest BCUT2D eigenvalue weighted by Crippen LogP contribution is 2.29. The molecule has 0 bridgehead atoms. The van der Waals surface area contributed by atoms with Gasteiger partial charge in [0.25, 0.3) is 10.0 Å². The van der Waals surface area contributed by atoms with Gasteiger partial charge in [-0.1, -0.05) is 6.92 Å². The number of aryl methyl sites for hydroxylation is 1. The Morgan fingerprint density at radius 2 is 2.14 bits per heavy atom. The average Bonchev–Trinajstić information content (AvgIpc) is 2.80. The van der Waals surface area contributed by atoms with Gasteiger partial charge in [0.2, 0.25) is 0 Å². The van der Waals surface area contributed by atoms with Crippen LogP contribution < -0.4 is 0 Å². The van der Waals surface area contributed by atoms with E-state index in [4.69, 9.17) is 0 Å². The molecule has 0 unspecified atom stereocenters. The molecule has 1 fully saturated rings. The van der Waals surface area contributed by atoms with Gasteiger partial charge in [0.05, 0.1) is 0 Å². The highest BCUT2D eigenvalue weighted by atomic mass is 32.2. The molecule has 1 aromatic rings. The first kappa shape index (κ1) is 17.3. The Kier molecular flexibility index (Phi) is 6.14. The lowest BCUT2D eigenvalue weighted by molar-refractivity contribution is 0.271. The summed E-state index contributed by atoms with van der Waals surface area (Å²) in [6.45, 7) is 3.46. The van der Waals surface area contributed by atoms with Crippen LogP contribution in [0.15, 0.2) is 16.3 Å². The molecule has 0 spiro atoms. The predicted octanol–water partition coefficient (Wildman–Crippen LogP) is 2.37. The van der Waals surface area contributed by atoms with Crippen LogP contribution >= 0.6 is 23.1 Å². The van der Waals surface area contributed by atoms with Crippen LogP contribution in [-0.2, 0) is 16.4 Å². The third-order valence-electron chi connectivity index (χ3n) is 3.51. The zero-order valence-electron chi connectivity index (χ0n) is 12.9. The Balaban J connectivity index is 2.29. The van der Waals surface area contributed by atoms with Crippen molar-refractivity contribution in [3.05, 3.63) is 17.0 Å². The number of likely N-dealkylation sites (N-methyl/N-ethyl adjacent to an activating group) is 1. The first-order valence-corrected chi connectivity index (χ1v) is 10.7. The Hall–Kier alpha value is -0.0800. The number of rotatable bonds is 5. The van der Waals surface area contributed by atoms with Crippen LogP contribution in [0.25, 0.3) is 0 Å². The van der Waals surface area contributed by atoms with E-state index < -0.39 is 10.0 Å². The minimum atomic E-state index is -3.36. The second-order valence-corrected chi connectivity index (χ2v) is 9.97. The van der Waals surface area contributed by atoms with Crippen molar-refractivity contribution in [3.8, 4) is 0 Å². The fraction of sp³-hybridized carbons (Fsp3) is 0.714. The zero-order chi connectivity index (χ0) is 15.5. The SMILES string of the molecule is CCc1ccc(S(=O)(=O)N2CCCSC[C@@H]2CN(C)C)s1. The van der Waals surface area contributed by atoms with Gasteiger partial charge in [-0.25, -0.2) is 8.42 Å². The molecular weight excluding hydrogens is 324 g/mol. The summed E-state index contributed by atoms with van der Waals surface area (Å²) in [5, 5.41) is 0. The van der Waals surface area contributed by atoms with E-state index in [1.165, 1.54) is 11.3 Å². The molecule has 21 heavy (non-hydrogen) atoms. The van der Waals surface area contributed by atoms with Crippen LogP contribution in [-0.4, -0.2) is 62.4 Å². The van der Waals surface area contributed by atoms with Gasteiger partial charge in [-0.15, -0.1) is 11.3 Å². The van der Waals surface area contributed by atoms with Crippen molar-refractivity contribution >= 4 is 33.1 Å². The van der Waals surface area contributed by atoms with Crippen molar-refractivity contribution in [1.29, 1.82) is 0 Å². The molecule has 0 saturated carbocycles. The van der Waals surface area contributed by atoms with Gasteiger partial charge in [-0.2, -0.15) is 16.1 Å². The Morgan fingerprint density at radius 1 is 1.38 bits per heavy atom. The van der Waals surface area contributed by atoms with E-state index in [0.29, 0.717) is 10.8 Å². The molecule has 120 valence electrons. The number of thiophene rings is 1. The molecule has 7 heteroatoms. The molecule has 0 aliphatic carbocycles. The van der Waals surface area contributed by atoms with E-state index in [2.05, 4.69) is 11.8 Å². The average molecular weight is 349 g/mol. The molecule has 2 heterocycles. The number of nitrogens with zero attached hydrogens (tertiary/aromatic N) is 2. The largest absolute Gasteiger partial charge is 0.308 e. The Labute approximate surface area is 136 Å². The Morgan fingerprint density at radius 3 is 2.76 bits per heavy atom. The smallest absolute Gasteiger partial charge is 0.252 e. The molecule has 0 N–H and O–H groups in total. The summed E-state index contributed by atoms with van der Waals surface area (Å²) in [6, 6.07) is 3.76. The molecule has 0 radical (unpaired) electrons. The van der Waals surface area contributed by atoms with E-state index >= 15 is 0 Å². The Bertz CT molecular complexity index is 554. The third-order valence-corrected chi connectivity index (χ3v) is 8.36. The van der Waals surface area contributed by atoms with Gasteiger partial charge in [0, 0.05) is 29.8 Å². The predicted molar refractivity (Wildman–Crippen MR) is 91.9 cm³/mol. The maximum absolute atomic E-state index is 13.0. The molecule has 2 rings (SSSR count). The van der Waals surface area contributed by atoms with Crippen LogP contribution in [0, 0.1) is 0 Å². The molecular formula is C14H24N2O2S3. The van der Waals surface area contributed by atoms with Gasteiger partial charge in [0.1, 0.15) is 4.21 Å². The monoisotopic (exact) mass is 348 g/mol. The number of hydrogen-bond donors (Lipinski definition) is 0. The molecule has 1 aromatic heterocycles. The first-order valence-electron chi connectivity index (χ1n) is 7.28. The lowest BCUT2D eigenvalue weighted by Crippen LogP contribution is -2.46. The van der Waals surface area contributed by atoms with E-state index in [1.54, 1.807) is 10.4 Å². The standard InChI is InChI=1S/C14H24N2O2S3/c1-4-13-6-7-14(20-13)21(17,18)16-8-5-9-19-11-12(16)10-15(2)3/h6-7,12H,4-5,8-11H2,1-3H3/t12-/m0/s1. The summed E-state index contributed by atoms with van der Waals surface area (Å²) in [5.41, 5.74) is 0. The number of thioether (sulfide) groups is 1. The molecule has 4 nitrogen and oxygen atoms in total. The quantitative estimate of drug-likeness (QED) is 0.819. The summed E-state index contributed by atoms with van der Waals surface area (Å²) in [5.74, 6) is 1.92. The highest BCUT2D eigenvalue weighted by molar-refractivity contribution is 7.99. The summed E-state index contributed by atoms with van der Waals surface area (Å²) in [4.78, 5) is 3.20. The number of hydrogen-bond acceptors (Lipinski definition) is 5. The van der Waals surface area contributed by atoms with Gasteiger partial charge >= 0.3 is 0 Å². The van der Waals surface area contributed by atoms with Gasteiger partial charge in [-0.05, 0) is 44.8 Å². The lowest BCUT2D eigenvalue weighted by atomic mass is 10.3. The van der Waals surface area contributed by atoms with Crippen LogP contribution in [0.4, 0.5) is 0 Å². The first-order chi connectivity index (χ1) is 9.95. The highest BCUT2D eigenvalue weighted by Gasteiger charge is 2.33. The third kappa shape index (κ3) is 4.22. The summed E-state index contributed by atoms with van der Waals surface area (Å²) in [6.07, 6.45) is 1.82. The molecule has 0 amide bonds. The maximum atomic E-state index is 13.0. The van der Waals surface area contributed by atoms with E-state index in [0.717, 1.165) is 35.8 Å². The minimum Gasteiger partial charge on any atom is -0.308 e. The lowest BCUT2D eigenvalue weighted by Gasteiger charge is -2.30. The van der Waals surface area contributed by atoms with Gasteiger partial charge < -0.3 is 4.90 Å². The molecule has 1 aliphatic heterocycles. The summed E-state index contributed by atoms with van der Waals surface area (Å²) >= 11 is 3.27. The van der Waals surface area contributed by atoms with Crippen LogP contribution in [0.1, 0.15) is 18.2 Å². The van der Waals surface area contributed by atoms with E-state index in [-0.39, 0.29) is 6.04 Å². The van der Waals surface area contributed by atoms with Crippen molar-refractivity contribution in [1.82, 2.24) is 9.21 Å². The van der Waals surface area contributed by atoms with Crippen LogP contribution in [0.5, 0.6) is 0 Å². The second kappa shape index (κ2) is 7.46. The summed E-state index contributed by atoms with van der Waals surface area (Å²) in [7, 11) is 0.644. The summed E-state index contributed by atoms with van der Waals surface area (Å²) < 4.78 is 28.2. The van der Waals surface area contributed by atoms with E-state index in [1.807, 2.05) is 31.9 Å². The van der Waals surface area contributed by atoms with Crippen molar-refractivity contribution in [2.24, 2.45) is 0 Å². The molecule has 1 aliphatic rings. The van der Waals surface area contributed by atoms with Crippen molar-refractivity contribution in [2.75, 3.05) is 38.7 Å². The normalized spacial score (nSPS) is 21.6. The van der Waals surface area contributed by atoms with Crippen LogP contribution in [0.3, 0.4) is 0 Å². The fourth-order valence-corrected chi connectivity index (χ4v) is 6.72. The van der Waals surface area contributed by atoms with Gasteiger partial charge in [-0.3, -0.25) is 0 Å². The van der Waals surface area contributed by atoms with Crippen molar-refractivity contribution < 1.29 is 8.42 Å². The number of sulfonamides is 1. The van der Waals surface area contributed by atoms with Crippen molar-refractivity contribution in [2.45, 2.75) is 30.0 Å². The van der Waals surface area contributed by atoms with E-state index in [9.17, 15) is 8.42 Å².